The number of fused-ring (bicyclic) bond motifs is 10. The standard InChI is InChI=1S/C34H20N4S/c1-2-9-21(10-3-1)38-33-31-24-12-4-6-14-27(24)37(28(31)20-36-32(33)25-13-8-18-35-34(25)38)22-16-17-30-26(19-22)23-11-5-7-15-29(23)39-30/h1-20H. The summed E-state index contributed by atoms with van der Waals surface area (Å²) in [5.41, 5.74) is 7.44. The summed E-state index contributed by atoms with van der Waals surface area (Å²) in [6.07, 6.45) is 3.90. The van der Waals surface area contributed by atoms with Gasteiger partial charge in [0.25, 0.3) is 0 Å². The number of hydrogen-bond acceptors (Lipinski definition) is 3. The molecule has 0 aliphatic heterocycles. The summed E-state index contributed by atoms with van der Waals surface area (Å²) in [5, 5.41) is 6.04. The molecular weight excluding hydrogens is 496 g/mol. The Morgan fingerprint density at radius 2 is 1.31 bits per heavy atom. The highest BCUT2D eigenvalue weighted by Gasteiger charge is 2.22. The predicted molar refractivity (Wildman–Crippen MR) is 164 cm³/mol. The molecule has 182 valence electrons. The Balaban J connectivity index is 1.47. The smallest absolute Gasteiger partial charge is 0.147 e. The summed E-state index contributed by atoms with van der Waals surface area (Å²) < 4.78 is 7.25. The van der Waals surface area contributed by atoms with Crippen LogP contribution >= 0.6 is 11.3 Å². The van der Waals surface area contributed by atoms with E-state index in [0.717, 1.165) is 39.0 Å². The van der Waals surface area contributed by atoms with Crippen molar-refractivity contribution in [2.45, 2.75) is 0 Å². The van der Waals surface area contributed by atoms with Crippen molar-refractivity contribution in [3.63, 3.8) is 0 Å². The normalized spacial score (nSPS) is 12.1. The van der Waals surface area contributed by atoms with Crippen LogP contribution in [0.5, 0.6) is 0 Å². The quantitative estimate of drug-likeness (QED) is 0.230. The van der Waals surface area contributed by atoms with E-state index in [9.17, 15) is 0 Å². The van der Waals surface area contributed by atoms with Gasteiger partial charge in [-0.3, -0.25) is 9.55 Å². The molecule has 0 aliphatic rings. The lowest BCUT2D eigenvalue weighted by Gasteiger charge is -2.09. The average Bonchev–Trinajstić information content (AvgIpc) is 3.65. The van der Waals surface area contributed by atoms with E-state index in [1.165, 1.54) is 36.5 Å². The Bertz CT molecular complexity index is 2390. The molecule has 0 aliphatic carbocycles. The van der Waals surface area contributed by atoms with Crippen molar-refractivity contribution in [3.8, 4) is 11.4 Å². The van der Waals surface area contributed by atoms with E-state index in [4.69, 9.17) is 9.97 Å². The fourth-order valence-corrected chi connectivity index (χ4v) is 7.26. The van der Waals surface area contributed by atoms with Gasteiger partial charge in [-0.25, -0.2) is 4.98 Å². The molecule has 0 bridgehead atoms. The van der Waals surface area contributed by atoms with Gasteiger partial charge in [0.05, 0.1) is 28.3 Å². The van der Waals surface area contributed by atoms with Crippen LogP contribution in [0.25, 0.3) is 75.4 Å². The number of hydrogen-bond donors (Lipinski definition) is 0. The third-order valence-corrected chi connectivity index (χ3v) is 8.95. The lowest BCUT2D eigenvalue weighted by molar-refractivity contribution is 1.14. The number of nitrogens with zero attached hydrogens (tertiary/aromatic N) is 4. The Morgan fingerprint density at radius 3 is 2.23 bits per heavy atom. The second kappa shape index (κ2) is 7.76. The Kier molecular flexibility index (Phi) is 4.18. The molecule has 0 spiro atoms. The summed E-state index contributed by atoms with van der Waals surface area (Å²) in [7, 11) is 0. The fourth-order valence-electron chi connectivity index (χ4n) is 6.18. The van der Waals surface area contributed by atoms with Gasteiger partial charge in [-0.15, -0.1) is 11.3 Å². The Labute approximate surface area is 227 Å². The highest BCUT2D eigenvalue weighted by molar-refractivity contribution is 7.25. The van der Waals surface area contributed by atoms with Crippen LogP contribution in [0.4, 0.5) is 0 Å². The third kappa shape index (κ3) is 2.82. The number of thiophene rings is 1. The van der Waals surface area contributed by atoms with Crippen LogP contribution in [0.2, 0.25) is 0 Å². The minimum absolute atomic E-state index is 0.918. The third-order valence-electron chi connectivity index (χ3n) is 7.80. The van der Waals surface area contributed by atoms with E-state index in [2.05, 4.69) is 112 Å². The second-order valence-electron chi connectivity index (χ2n) is 9.89. The van der Waals surface area contributed by atoms with Gasteiger partial charge in [-0.2, -0.15) is 0 Å². The van der Waals surface area contributed by atoms with Crippen molar-refractivity contribution in [2.24, 2.45) is 0 Å². The Hall–Kier alpha value is -5.00. The number of pyridine rings is 2. The molecular formula is C34H20N4S. The van der Waals surface area contributed by atoms with Crippen molar-refractivity contribution < 1.29 is 0 Å². The highest BCUT2D eigenvalue weighted by atomic mass is 32.1. The minimum atomic E-state index is 0.918. The second-order valence-corrected chi connectivity index (χ2v) is 11.0. The highest BCUT2D eigenvalue weighted by Crippen LogP contribution is 2.41. The molecule has 0 unspecified atom stereocenters. The monoisotopic (exact) mass is 516 g/mol. The van der Waals surface area contributed by atoms with E-state index in [1.807, 2.05) is 29.8 Å². The largest absolute Gasteiger partial charge is 0.308 e. The van der Waals surface area contributed by atoms with Crippen molar-refractivity contribution in [1.29, 1.82) is 0 Å². The van der Waals surface area contributed by atoms with E-state index in [-0.39, 0.29) is 0 Å². The molecule has 9 rings (SSSR count). The van der Waals surface area contributed by atoms with Crippen LogP contribution in [0.3, 0.4) is 0 Å². The summed E-state index contributed by atoms with van der Waals surface area (Å²) in [4.78, 5) is 9.91. The van der Waals surface area contributed by atoms with Crippen LogP contribution in [0.15, 0.2) is 122 Å². The average molecular weight is 517 g/mol. The predicted octanol–water partition coefficient (Wildman–Crippen LogP) is 9.04. The first-order chi connectivity index (χ1) is 19.4. The zero-order chi connectivity index (χ0) is 25.5. The maximum absolute atomic E-state index is 5.09. The summed E-state index contributed by atoms with van der Waals surface area (Å²) in [5.74, 6) is 0. The first-order valence-electron chi connectivity index (χ1n) is 13.0. The van der Waals surface area contributed by atoms with Crippen LogP contribution in [-0.4, -0.2) is 19.1 Å². The molecule has 5 aromatic heterocycles. The fraction of sp³-hybridized carbons (Fsp3) is 0. The van der Waals surface area contributed by atoms with Crippen LogP contribution < -0.4 is 0 Å². The number of benzene rings is 4. The molecule has 0 amide bonds. The minimum Gasteiger partial charge on any atom is -0.308 e. The lowest BCUT2D eigenvalue weighted by Crippen LogP contribution is -1.96. The molecule has 39 heavy (non-hydrogen) atoms. The molecule has 0 N–H and O–H groups in total. The molecule has 0 radical (unpaired) electrons. The molecule has 4 nitrogen and oxygen atoms in total. The maximum atomic E-state index is 5.09. The van der Waals surface area contributed by atoms with E-state index < -0.39 is 0 Å². The molecule has 0 fully saturated rings. The van der Waals surface area contributed by atoms with Crippen molar-refractivity contribution in [3.05, 3.63) is 122 Å². The molecule has 0 saturated heterocycles. The van der Waals surface area contributed by atoms with Crippen molar-refractivity contribution in [2.75, 3.05) is 0 Å². The van der Waals surface area contributed by atoms with E-state index >= 15 is 0 Å². The molecule has 4 aromatic carbocycles. The first-order valence-corrected chi connectivity index (χ1v) is 13.8. The first kappa shape index (κ1) is 21.0. The van der Waals surface area contributed by atoms with Gasteiger partial charge in [-0.05, 0) is 54.6 Å². The molecule has 0 saturated carbocycles. The lowest BCUT2D eigenvalue weighted by atomic mass is 10.1. The van der Waals surface area contributed by atoms with Gasteiger partial charge in [0.15, 0.2) is 0 Å². The van der Waals surface area contributed by atoms with Crippen LogP contribution in [0.1, 0.15) is 0 Å². The summed E-state index contributed by atoms with van der Waals surface area (Å²) >= 11 is 1.85. The van der Waals surface area contributed by atoms with Crippen LogP contribution in [-0.2, 0) is 0 Å². The SMILES string of the molecule is c1ccc(-n2c3ncccc3c3ncc4c(c5ccccc5n4-c4ccc5sc6ccccc6c5c4)c32)cc1. The maximum Gasteiger partial charge on any atom is 0.147 e. The van der Waals surface area contributed by atoms with Gasteiger partial charge in [0, 0.05) is 53.9 Å². The van der Waals surface area contributed by atoms with Gasteiger partial charge in [0.2, 0.25) is 0 Å². The summed E-state index contributed by atoms with van der Waals surface area (Å²) in [6.45, 7) is 0. The molecule has 9 aromatic rings. The van der Waals surface area contributed by atoms with Crippen LogP contribution in [0, 0.1) is 0 Å². The topological polar surface area (TPSA) is 35.6 Å². The number of rotatable bonds is 2. The molecule has 0 atom stereocenters. The Morgan fingerprint density at radius 1 is 0.538 bits per heavy atom. The van der Waals surface area contributed by atoms with Gasteiger partial charge in [-0.1, -0.05) is 54.6 Å². The van der Waals surface area contributed by atoms with Gasteiger partial charge >= 0.3 is 0 Å². The zero-order valence-electron chi connectivity index (χ0n) is 20.7. The zero-order valence-corrected chi connectivity index (χ0v) is 21.6. The van der Waals surface area contributed by atoms with Crippen molar-refractivity contribution in [1.82, 2.24) is 19.1 Å². The van der Waals surface area contributed by atoms with Gasteiger partial charge in [0.1, 0.15) is 5.65 Å². The van der Waals surface area contributed by atoms with Gasteiger partial charge < -0.3 is 4.57 Å². The van der Waals surface area contributed by atoms with E-state index in [1.54, 1.807) is 0 Å². The van der Waals surface area contributed by atoms with E-state index in [0.29, 0.717) is 0 Å². The molecule has 5 heterocycles. The number of aromatic nitrogens is 4. The summed E-state index contributed by atoms with van der Waals surface area (Å²) in [6, 6.07) is 38.8. The number of para-hydroxylation sites is 2. The van der Waals surface area contributed by atoms with Crippen molar-refractivity contribution >= 4 is 75.4 Å². The molecule has 5 heteroatoms.